The summed E-state index contributed by atoms with van der Waals surface area (Å²) in [5.41, 5.74) is 7.48. The smallest absolute Gasteiger partial charge is 0.223 e. The van der Waals surface area contributed by atoms with E-state index in [9.17, 15) is 4.79 Å². The van der Waals surface area contributed by atoms with Crippen molar-refractivity contribution < 1.29 is 4.79 Å². The molecule has 1 rings (SSSR count). The maximum Gasteiger partial charge on any atom is 0.223 e. The third-order valence-electron chi connectivity index (χ3n) is 3.09. The standard InChI is InChI=1S/C16H24N2O/c1-5-12-18(16(2,3)4)15(19)11-10-13-8-6-7-9-14(13)17/h5-9H,1,10-12,17H2,2-4H3. The van der Waals surface area contributed by atoms with Crippen molar-refractivity contribution in [2.75, 3.05) is 12.3 Å². The quantitative estimate of drug-likeness (QED) is 0.653. The number of carbonyl (C=O) groups is 1. The van der Waals surface area contributed by atoms with Crippen LogP contribution in [-0.4, -0.2) is 22.9 Å². The molecule has 1 aromatic rings. The van der Waals surface area contributed by atoms with Crippen LogP contribution in [0.1, 0.15) is 32.8 Å². The Hall–Kier alpha value is -1.77. The number of carbonyl (C=O) groups excluding carboxylic acids is 1. The van der Waals surface area contributed by atoms with Crippen LogP contribution in [-0.2, 0) is 11.2 Å². The van der Waals surface area contributed by atoms with Gasteiger partial charge in [-0.05, 0) is 38.8 Å². The molecule has 2 N–H and O–H groups in total. The molecule has 0 saturated carbocycles. The summed E-state index contributed by atoms with van der Waals surface area (Å²) < 4.78 is 0. The summed E-state index contributed by atoms with van der Waals surface area (Å²) in [5.74, 6) is 0.135. The van der Waals surface area contributed by atoms with Gasteiger partial charge in [0.05, 0.1) is 0 Å². The van der Waals surface area contributed by atoms with Gasteiger partial charge in [0.2, 0.25) is 5.91 Å². The number of amides is 1. The van der Waals surface area contributed by atoms with Crippen molar-refractivity contribution in [2.24, 2.45) is 0 Å². The second kappa shape index (κ2) is 6.41. The summed E-state index contributed by atoms with van der Waals surface area (Å²) in [7, 11) is 0. The molecule has 0 aromatic heterocycles. The molecule has 0 atom stereocenters. The van der Waals surface area contributed by atoms with Gasteiger partial charge in [-0.15, -0.1) is 6.58 Å². The summed E-state index contributed by atoms with van der Waals surface area (Å²) in [6.45, 7) is 10.4. The fourth-order valence-electron chi connectivity index (χ4n) is 2.02. The number of aryl methyl sites for hydroxylation is 1. The molecule has 0 aliphatic carbocycles. The van der Waals surface area contributed by atoms with E-state index in [2.05, 4.69) is 6.58 Å². The summed E-state index contributed by atoms with van der Waals surface area (Å²) in [4.78, 5) is 14.1. The van der Waals surface area contributed by atoms with E-state index in [1.54, 1.807) is 6.08 Å². The zero-order valence-electron chi connectivity index (χ0n) is 12.1. The van der Waals surface area contributed by atoms with Gasteiger partial charge >= 0.3 is 0 Å². The molecule has 0 spiro atoms. The topological polar surface area (TPSA) is 46.3 Å². The highest BCUT2D eigenvalue weighted by molar-refractivity contribution is 5.77. The Balaban J connectivity index is 2.68. The van der Waals surface area contributed by atoms with E-state index in [4.69, 9.17) is 5.73 Å². The SMILES string of the molecule is C=CCN(C(=O)CCc1ccccc1N)C(C)(C)C. The van der Waals surface area contributed by atoms with Gasteiger partial charge in [0, 0.05) is 24.2 Å². The van der Waals surface area contributed by atoms with Crippen LogP contribution in [0.4, 0.5) is 5.69 Å². The second-order valence-corrected chi connectivity index (χ2v) is 5.66. The first-order chi connectivity index (χ1) is 8.86. The molecule has 0 fully saturated rings. The maximum atomic E-state index is 12.3. The van der Waals surface area contributed by atoms with Crippen molar-refractivity contribution in [2.45, 2.75) is 39.2 Å². The van der Waals surface area contributed by atoms with Crippen LogP contribution >= 0.6 is 0 Å². The molecule has 3 heteroatoms. The van der Waals surface area contributed by atoms with Crippen LogP contribution in [0.15, 0.2) is 36.9 Å². The molecular weight excluding hydrogens is 236 g/mol. The van der Waals surface area contributed by atoms with E-state index in [0.717, 1.165) is 11.3 Å². The van der Waals surface area contributed by atoms with E-state index < -0.39 is 0 Å². The number of benzene rings is 1. The fraction of sp³-hybridized carbons (Fsp3) is 0.438. The lowest BCUT2D eigenvalue weighted by atomic mass is 10.0. The van der Waals surface area contributed by atoms with Gasteiger partial charge in [-0.3, -0.25) is 4.79 Å². The number of anilines is 1. The van der Waals surface area contributed by atoms with Gasteiger partial charge in [-0.25, -0.2) is 0 Å². The van der Waals surface area contributed by atoms with E-state index >= 15 is 0 Å². The van der Waals surface area contributed by atoms with Crippen LogP contribution in [0.2, 0.25) is 0 Å². The van der Waals surface area contributed by atoms with Gasteiger partial charge < -0.3 is 10.6 Å². The Morgan fingerprint density at radius 2 is 2.00 bits per heavy atom. The Kier molecular flexibility index (Phi) is 5.16. The molecule has 3 nitrogen and oxygen atoms in total. The summed E-state index contributed by atoms with van der Waals surface area (Å²) >= 11 is 0. The molecular formula is C16H24N2O. The van der Waals surface area contributed by atoms with Gasteiger partial charge in [0.15, 0.2) is 0 Å². The number of para-hydroxylation sites is 1. The number of nitrogens with zero attached hydrogens (tertiary/aromatic N) is 1. The van der Waals surface area contributed by atoms with Crippen LogP contribution < -0.4 is 5.73 Å². The molecule has 0 heterocycles. The highest BCUT2D eigenvalue weighted by Gasteiger charge is 2.24. The van der Waals surface area contributed by atoms with Crippen LogP contribution in [0.5, 0.6) is 0 Å². The minimum absolute atomic E-state index is 0.135. The lowest BCUT2D eigenvalue weighted by Crippen LogP contribution is -2.45. The van der Waals surface area contributed by atoms with Crippen LogP contribution in [0, 0.1) is 0 Å². The predicted octanol–water partition coefficient (Wildman–Crippen LogP) is 3.01. The molecule has 0 bridgehead atoms. The predicted molar refractivity (Wildman–Crippen MR) is 80.8 cm³/mol. The molecule has 0 radical (unpaired) electrons. The third-order valence-corrected chi connectivity index (χ3v) is 3.09. The first-order valence-corrected chi connectivity index (χ1v) is 6.61. The Bertz CT molecular complexity index is 446. The summed E-state index contributed by atoms with van der Waals surface area (Å²) in [5, 5.41) is 0. The number of rotatable bonds is 5. The molecule has 0 unspecified atom stereocenters. The minimum atomic E-state index is -0.187. The lowest BCUT2D eigenvalue weighted by molar-refractivity contribution is -0.135. The largest absolute Gasteiger partial charge is 0.399 e. The van der Waals surface area contributed by atoms with Gasteiger partial charge in [0.1, 0.15) is 0 Å². The minimum Gasteiger partial charge on any atom is -0.399 e. The van der Waals surface area contributed by atoms with E-state index in [-0.39, 0.29) is 11.4 Å². The highest BCUT2D eigenvalue weighted by Crippen LogP contribution is 2.17. The molecule has 19 heavy (non-hydrogen) atoms. The molecule has 1 aromatic carbocycles. The van der Waals surface area contributed by atoms with Gasteiger partial charge in [-0.2, -0.15) is 0 Å². The highest BCUT2D eigenvalue weighted by atomic mass is 16.2. The summed E-state index contributed by atoms with van der Waals surface area (Å²) in [6, 6.07) is 7.68. The maximum absolute atomic E-state index is 12.3. The lowest BCUT2D eigenvalue weighted by Gasteiger charge is -2.35. The third kappa shape index (κ3) is 4.43. The van der Waals surface area contributed by atoms with Gasteiger partial charge in [0.25, 0.3) is 0 Å². The van der Waals surface area contributed by atoms with Crippen molar-refractivity contribution in [1.82, 2.24) is 4.90 Å². The van der Waals surface area contributed by atoms with Crippen LogP contribution in [0.3, 0.4) is 0 Å². The van der Waals surface area contributed by atoms with E-state index in [0.29, 0.717) is 19.4 Å². The Morgan fingerprint density at radius 1 is 1.37 bits per heavy atom. The number of nitrogens with two attached hydrogens (primary N) is 1. The zero-order valence-corrected chi connectivity index (χ0v) is 12.1. The zero-order chi connectivity index (χ0) is 14.5. The van der Waals surface area contributed by atoms with E-state index in [1.165, 1.54) is 0 Å². The average molecular weight is 260 g/mol. The molecule has 0 aliphatic rings. The number of hydrogen-bond donors (Lipinski definition) is 1. The normalized spacial score (nSPS) is 11.1. The molecule has 104 valence electrons. The average Bonchev–Trinajstić information content (AvgIpc) is 2.33. The molecule has 0 saturated heterocycles. The Morgan fingerprint density at radius 3 is 2.53 bits per heavy atom. The number of nitrogen functional groups attached to an aromatic ring is 1. The fourth-order valence-corrected chi connectivity index (χ4v) is 2.02. The Labute approximate surface area is 116 Å². The van der Waals surface area contributed by atoms with Gasteiger partial charge in [-0.1, -0.05) is 24.3 Å². The first-order valence-electron chi connectivity index (χ1n) is 6.61. The van der Waals surface area contributed by atoms with Crippen molar-refractivity contribution in [3.63, 3.8) is 0 Å². The monoisotopic (exact) mass is 260 g/mol. The second-order valence-electron chi connectivity index (χ2n) is 5.66. The van der Waals surface area contributed by atoms with Crippen molar-refractivity contribution >= 4 is 11.6 Å². The summed E-state index contributed by atoms with van der Waals surface area (Å²) in [6.07, 6.45) is 2.91. The number of hydrogen-bond acceptors (Lipinski definition) is 2. The van der Waals surface area contributed by atoms with E-state index in [1.807, 2.05) is 49.9 Å². The van der Waals surface area contributed by atoms with Crippen LogP contribution in [0.25, 0.3) is 0 Å². The van der Waals surface area contributed by atoms with Crippen molar-refractivity contribution in [1.29, 1.82) is 0 Å². The van der Waals surface area contributed by atoms with Crippen molar-refractivity contribution in [3.05, 3.63) is 42.5 Å². The first kappa shape index (κ1) is 15.3. The molecule has 1 amide bonds. The molecule has 0 aliphatic heterocycles. The van der Waals surface area contributed by atoms with Crippen molar-refractivity contribution in [3.8, 4) is 0 Å².